The molecule has 0 saturated carbocycles. The van der Waals surface area contributed by atoms with Crippen molar-refractivity contribution in [1.82, 2.24) is 4.90 Å². The molecular formula is C22H27FN2O. The van der Waals surface area contributed by atoms with Crippen LogP contribution in [0, 0.1) is 11.7 Å². The number of rotatable bonds is 7. The Kier molecular flexibility index (Phi) is 6.42. The van der Waals surface area contributed by atoms with Crippen molar-refractivity contribution in [2.45, 2.75) is 12.8 Å². The molecule has 0 aliphatic carbocycles. The Labute approximate surface area is 155 Å². The number of nitrogens with zero attached hydrogens (tertiary/aromatic N) is 1. The summed E-state index contributed by atoms with van der Waals surface area (Å²) in [7, 11) is 1.63. The summed E-state index contributed by atoms with van der Waals surface area (Å²) >= 11 is 0. The second-order valence-electron chi connectivity index (χ2n) is 6.87. The summed E-state index contributed by atoms with van der Waals surface area (Å²) in [5.74, 6) is 0.946. The van der Waals surface area contributed by atoms with E-state index in [2.05, 4.69) is 35.2 Å². The van der Waals surface area contributed by atoms with E-state index >= 15 is 0 Å². The lowest BCUT2D eigenvalue weighted by Crippen LogP contribution is -2.36. The van der Waals surface area contributed by atoms with E-state index in [0.29, 0.717) is 12.5 Å². The largest absolute Gasteiger partial charge is 0.496 e. The highest BCUT2D eigenvalue weighted by Gasteiger charge is 2.19. The Morgan fingerprint density at radius 3 is 2.65 bits per heavy atom. The van der Waals surface area contributed by atoms with Gasteiger partial charge in [0.05, 0.1) is 7.11 Å². The molecule has 0 bridgehead atoms. The van der Waals surface area contributed by atoms with Gasteiger partial charge in [-0.25, -0.2) is 4.39 Å². The number of nitrogens with two attached hydrogens (primary N) is 1. The Hall–Kier alpha value is -2.17. The van der Waals surface area contributed by atoms with E-state index in [1.165, 1.54) is 11.6 Å². The van der Waals surface area contributed by atoms with Gasteiger partial charge in [0, 0.05) is 25.2 Å². The standard InChI is InChI=1S/C22H27FN2O/c1-26-22-8-7-20(23)14-21(22)19-9-11-25(12-10-19)16-18(15-24)13-17-5-3-2-4-6-17/h2-9,14,18H,10-13,15-16,24H2,1H3/t18-/m1/s1. The van der Waals surface area contributed by atoms with Crippen molar-refractivity contribution in [1.29, 1.82) is 0 Å². The number of ether oxygens (including phenoxy) is 1. The van der Waals surface area contributed by atoms with Gasteiger partial charge in [0.2, 0.25) is 0 Å². The highest BCUT2D eigenvalue weighted by Crippen LogP contribution is 2.31. The second-order valence-corrected chi connectivity index (χ2v) is 6.87. The molecule has 1 aliphatic heterocycles. The van der Waals surface area contributed by atoms with Gasteiger partial charge in [-0.3, -0.25) is 4.90 Å². The topological polar surface area (TPSA) is 38.5 Å². The molecule has 0 spiro atoms. The molecule has 0 unspecified atom stereocenters. The molecule has 1 atom stereocenters. The molecule has 1 heterocycles. The van der Waals surface area contributed by atoms with Crippen molar-refractivity contribution in [3.8, 4) is 5.75 Å². The van der Waals surface area contributed by atoms with Gasteiger partial charge in [0.25, 0.3) is 0 Å². The summed E-state index contributed by atoms with van der Waals surface area (Å²) in [4.78, 5) is 2.43. The van der Waals surface area contributed by atoms with Crippen LogP contribution in [0.4, 0.5) is 4.39 Å². The van der Waals surface area contributed by atoms with E-state index in [4.69, 9.17) is 10.5 Å². The zero-order valence-corrected chi connectivity index (χ0v) is 15.3. The summed E-state index contributed by atoms with van der Waals surface area (Å²) in [6.07, 6.45) is 4.08. The molecule has 1 aliphatic rings. The molecular weight excluding hydrogens is 327 g/mol. The van der Waals surface area contributed by atoms with Crippen molar-refractivity contribution >= 4 is 5.57 Å². The van der Waals surface area contributed by atoms with Gasteiger partial charge in [-0.2, -0.15) is 0 Å². The van der Waals surface area contributed by atoms with Crippen LogP contribution in [0.5, 0.6) is 5.75 Å². The van der Waals surface area contributed by atoms with Gasteiger partial charge in [0.15, 0.2) is 0 Å². The van der Waals surface area contributed by atoms with Gasteiger partial charge < -0.3 is 10.5 Å². The number of halogens is 1. The summed E-state index contributed by atoms with van der Waals surface area (Å²) in [5, 5.41) is 0. The highest BCUT2D eigenvalue weighted by atomic mass is 19.1. The third-order valence-electron chi connectivity index (χ3n) is 5.02. The van der Waals surface area contributed by atoms with Crippen molar-refractivity contribution in [2.24, 2.45) is 11.7 Å². The van der Waals surface area contributed by atoms with Crippen LogP contribution in [0.3, 0.4) is 0 Å². The van der Waals surface area contributed by atoms with Crippen LogP contribution in [0.25, 0.3) is 5.57 Å². The van der Waals surface area contributed by atoms with E-state index in [0.717, 1.165) is 49.4 Å². The van der Waals surface area contributed by atoms with Crippen LogP contribution in [0.15, 0.2) is 54.6 Å². The molecule has 2 aromatic rings. The summed E-state index contributed by atoms with van der Waals surface area (Å²) < 4.78 is 19.0. The number of benzene rings is 2. The van der Waals surface area contributed by atoms with Crippen LogP contribution in [0.2, 0.25) is 0 Å². The van der Waals surface area contributed by atoms with Crippen LogP contribution < -0.4 is 10.5 Å². The molecule has 4 heteroatoms. The number of methoxy groups -OCH3 is 1. The minimum Gasteiger partial charge on any atom is -0.496 e. The predicted octanol–water partition coefficient (Wildman–Crippen LogP) is 3.74. The van der Waals surface area contributed by atoms with Crippen LogP contribution in [0.1, 0.15) is 17.5 Å². The first-order valence-electron chi connectivity index (χ1n) is 9.19. The molecule has 0 fully saturated rings. The van der Waals surface area contributed by atoms with Crippen molar-refractivity contribution in [2.75, 3.05) is 33.3 Å². The zero-order chi connectivity index (χ0) is 18.4. The summed E-state index contributed by atoms with van der Waals surface area (Å²) in [6, 6.07) is 15.2. The second kappa shape index (κ2) is 8.97. The van der Waals surface area contributed by atoms with E-state index < -0.39 is 0 Å². The molecule has 2 N–H and O–H groups in total. The lowest BCUT2D eigenvalue weighted by molar-refractivity contribution is 0.252. The fourth-order valence-electron chi connectivity index (χ4n) is 3.59. The smallest absolute Gasteiger partial charge is 0.126 e. The van der Waals surface area contributed by atoms with Crippen LogP contribution in [-0.4, -0.2) is 38.2 Å². The van der Waals surface area contributed by atoms with Crippen LogP contribution in [-0.2, 0) is 6.42 Å². The van der Waals surface area contributed by atoms with Gasteiger partial charge in [-0.1, -0.05) is 36.4 Å². The first-order valence-corrected chi connectivity index (χ1v) is 9.19. The van der Waals surface area contributed by atoms with E-state index in [1.807, 2.05) is 6.07 Å². The summed E-state index contributed by atoms with van der Waals surface area (Å²) in [6.45, 7) is 3.48. The van der Waals surface area contributed by atoms with Gasteiger partial charge >= 0.3 is 0 Å². The van der Waals surface area contributed by atoms with E-state index in [1.54, 1.807) is 19.2 Å². The minimum absolute atomic E-state index is 0.227. The Morgan fingerprint density at radius 2 is 2.00 bits per heavy atom. The number of hydrogen-bond acceptors (Lipinski definition) is 3. The fraction of sp³-hybridized carbons (Fsp3) is 0.364. The lowest BCUT2D eigenvalue weighted by Gasteiger charge is -2.30. The number of hydrogen-bond donors (Lipinski definition) is 1. The molecule has 0 aromatic heterocycles. The van der Waals surface area contributed by atoms with Crippen molar-refractivity contribution in [3.63, 3.8) is 0 Å². The third kappa shape index (κ3) is 4.71. The SMILES string of the molecule is COc1ccc(F)cc1C1=CCN(C[C@@H](CN)Cc2ccccc2)CC1. The average molecular weight is 354 g/mol. The monoisotopic (exact) mass is 354 g/mol. The average Bonchev–Trinajstić information content (AvgIpc) is 2.69. The van der Waals surface area contributed by atoms with Gasteiger partial charge in [0.1, 0.15) is 11.6 Å². The minimum atomic E-state index is -0.227. The maximum atomic E-state index is 13.6. The molecule has 0 radical (unpaired) electrons. The maximum Gasteiger partial charge on any atom is 0.126 e. The predicted molar refractivity (Wildman–Crippen MR) is 105 cm³/mol. The normalized spacial score (nSPS) is 16.2. The third-order valence-corrected chi connectivity index (χ3v) is 5.02. The molecule has 0 saturated heterocycles. The first-order chi connectivity index (χ1) is 12.7. The lowest BCUT2D eigenvalue weighted by atomic mass is 9.95. The fourth-order valence-corrected chi connectivity index (χ4v) is 3.59. The summed E-state index contributed by atoms with van der Waals surface area (Å²) in [5.41, 5.74) is 9.37. The Morgan fingerprint density at radius 1 is 1.19 bits per heavy atom. The van der Waals surface area contributed by atoms with Gasteiger partial charge in [-0.15, -0.1) is 0 Å². The molecule has 0 amide bonds. The van der Waals surface area contributed by atoms with Crippen molar-refractivity contribution in [3.05, 3.63) is 71.6 Å². The molecule has 26 heavy (non-hydrogen) atoms. The maximum absolute atomic E-state index is 13.6. The van der Waals surface area contributed by atoms with Gasteiger partial charge in [-0.05, 0) is 54.6 Å². The molecule has 138 valence electrons. The van der Waals surface area contributed by atoms with Crippen LogP contribution >= 0.6 is 0 Å². The quantitative estimate of drug-likeness (QED) is 0.823. The Balaban J connectivity index is 1.63. The first kappa shape index (κ1) is 18.6. The molecule has 2 aromatic carbocycles. The van der Waals surface area contributed by atoms with E-state index in [-0.39, 0.29) is 5.82 Å². The Bertz CT molecular complexity index is 745. The molecule has 3 rings (SSSR count). The zero-order valence-electron chi connectivity index (χ0n) is 15.3. The van der Waals surface area contributed by atoms with Crippen molar-refractivity contribution < 1.29 is 9.13 Å². The highest BCUT2D eigenvalue weighted by molar-refractivity contribution is 5.71. The van der Waals surface area contributed by atoms with E-state index in [9.17, 15) is 4.39 Å². The molecule has 3 nitrogen and oxygen atoms in total.